The molecule has 0 bridgehead atoms. The smallest absolute Gasteiger partial charge is 0.387 e. The number of benzene rings is 1. The lowest BCUT2D eigenvalue weighted by atomic mass is 10.2. The van der Waals surface area contributed by atoms with Gasteiger partial charge < -0.3 is 10.5 Å². The Labute approximate surface area is 110 Å². The lowest BCUT2D eigenvalue weighted by Gasteiger charge is -2.06. The number of hydrogen-bond donors (Lipinski definition) is 2. The van der Waals surface area contributed by atoms with Crippen LogP contribution in [-0.4, -0.2) is 17.9 Å². The van der Waals surface area contributed by atoms with Gasteiger partial charge in [0, 0.05) is 0 Å². The summed E-state index contributed by atoms with van der Waals surface area (Å²) in [5.41, 5.74) is 8.20. The van der Waals surface area contributed by atoms with E-state index in [1.54, 1.807) is 12.1 Å². The second-order valence-corrected chi connectivity index (χ2v) is 4.10. The maximum atomic E-state index is 12.0. The highest BCUT2D eigenvalue weighted by Gasteiger charge is 2.07. The molecule has 17 heavy (non-hydrogen) atoms. The van der Waals surface area contributed by atoms with Gasteiger partial charge in [-0.25, -0.2) is 0 Å². The summed E-state index contributed by atoms with van der Waals surface area (Å²) < 4.78 is 28.6. The topological polar surface area (TPSA) is 59.6 Å². The first-order valence-corrected chi connectivity index (χ1v) is 5.52. The third kappa shape index (κ3) is 5.05. The number of halogens is 3. The largest absolute Gasteiger partial charge is 0.434 e. The number of nitrogens with zero attached hydrogens (tertiary/aromatic N) is 1. The molecule has 0 unspecified atom stereocenters. The van der Waals surface area contributed by atoms with E-state index in [4.69, 9.17) is 5.73 Å². The average molecular weight is 324 g/mol. The lowest BCUT2D eigenvalue weighted by Crippen LogP contribution is -2.23. The van der Waals surface area contributed by atoms with E-state index in [2.05, 4.69) is 43.4 Å². The molecule has 0 saturated carbocycles. The summed E-state index contributed by atoms with van der Waals surface area (Å²) in [6, 6.07) is 4.54. The third-order valence-corrected chi connectivity index (χ3v) is 2.27. The molecule has 0 aliphatic heterocycles. The molecule has 0 radical (unpaired) electrons. The molecule has 0 heterocycles. The van der Waals surface area contributed by atoms with E-state index in [-0.39, 0.29) is 10.9 Å². The molecule has 0 amide bonds. The van der Waals surface area contributed by atoms with Crippen molar-refractivity contribution >= 4 is 39.5 Å². The van der Waals surface area contributed by atoms with Crippen molar-refractivity contribution < 1.29 is 13.5 Å². The first-order chi connectivity index (χ1) is 7.99. The van der Waals surface area contributed by atoms with Crippen molar-refractivity contribution in [3.05, 3.63) is 28.2 Å². The van der Waals surface area contributed by atoms with Gasteiger partial charge in [-0.1, -0.05) is 0 Å². The van der Waals surface area contributed by atoms with E-state index in [1.807, 2.05) is 0 Å². The summed E-state index contributed by atoms with van der Waals surface area (Å²) in [6.07, 6.45) is 1.44. The molecule has 0 fully saturated rings. The number of thiocarbonyl (C=S) groups is 1. The van der Waals surface area contributed by atoms with E-state index < -0.39 is 6.61 Å². The Hall–Kier alpha value is -1.28. The number of nitrogens with two attached hydrogens (primary N) is 1. The molecular formula is C9H8BrF2N3OS. The van der Waals surface area contributed by atoms with Crippen molar-refractivity contribution in [2.24, 2.45) is 10.8 Å². The van der Waals surface area contributed by atoms with Crippen molar-refractivity contribution in [1.82, 2.24) is 5.43 Å². The Morgan fingerprint density at radius 3 is 2.82 bits per heavy atom. The van der Waals surface area contributed by atoms with Crippen LogP contribution >= 0.6 is 28.1 Å². The average Bonchev–Trinajstić information content (AvgIpc) is 2.21. The predicted molar refractivity (Wildman–Crippen MR) is 68.3 cm³/mol. The Balaban J connectivity index is 2.74. The zero-order valence-electron chi connectivity index (χ0n) is 8.36. The molecule has 1 aromatic rings. The Kier molecular flexibility index (Phi) is 5.23. The van der Waals surface area contributed by atoms with Crippen molar-refractivity contribution in [3.8, 4) is 5.75 Å². The van der Waals surface area contributed by atoms with E-state index in [9.17, 15) is 8.78 Å². The summed E-state index contributed by atoms with van der Waals surface area (Å²) >= 11 is 7.65. The van der Waals surface area contributed by atoms with Crippen LogP contribution in [0.15, 0.2) is 27.8 Å². The van der Waals surface area contributed by atoms with Gasteiger partial charge in [-0.15, -0.1) is 0 Å². The summed E-state index contributed by atoms with van der Waals surface area (Å²) in [6.45, 7) is -2.86. The van der Waals surface area contributed by atoms with Gasteiger partial charge >= 0.3 is 6.61 Å². The highest BCUT2D eigenvalue weighted by atomic mass is 79.9. The van der Waals surface area contributed by atoms with Gasteiger partial charge in [0.25, 0.3) is 0 Å². The van der Waals surface area contributed by atoms with Crippen LogP contribution in [0.25, 0.3) is 0 Å². The van der Waals surface area contributed by atoms with Crippen molar-refractivity contribution in [2.45, 2.75) is 6.61 Å². The number of nitrogens with one attached hydrogen (secondary N) is 1. The van der Waals surface area contributed by atoms with Gasteiger partial charge in [-0.2, -0.15) is 13.9 Å². The summed E-state index contributed by atoms with van der Waals surface area (Å²) in [5, 5.41) is 3.76. The Morgan fingerprint density at radius 1 is 1.59 bits per heavy atom. The molecule has 0 saturated heterocycles. The zero-order valence-corrected chi connectivity index (χ0v) is 10.8. The third-order valence-electron chi connectivity index (χ3n) is 1.56. The van der Waals surface area contributed by atoms with Crippen molar-refractivity contribution in [1.29, 1.82) is 0 Å². The first-order valence-electron chi connectivity index (χ1n) is 4.32. The number of hydrogen-bond acceptors (Lipinski definition) is 3. The number of rotatable bonds is 4. The quantitative estimate of drug-likeness (QED) is 0.506. The molecule has 3 N–H and O–H groups in total. The maximum absolute atomic E-state index is 12.0. The minimum atomic E-state index is -2.86. The first kappa shape index (κ1) is 13.8. The highest BCUT2D eigenvalue weighted by molar-refractivity contribution is 9.10. The van der Waals surface area contributed by atoms with E-state index in [1.165, 1.54) is 12.3 Å². The van der Waals surface area contributed by atoms with Gasteiger partial charge in [0.2, 0.25) is 0 Å². The van der Waals surface area contributed by atoms with E-state index >= 15 is 0 Å². The minimum absolute atomic E-state index is 0.0398. The fourth-order valence-electron chi connectivity index (χ4n) is 0.959. The van der Waals surface area contributed by atoms with Crippen LogP contribution in [-0.2, 0) is 0 Å². The van der Waals surface area contributed by atoms with Gasteiger partial charge in [0.1, 0.15) is 5.75 Å². The number of hydrazone groups is 1. The monoisotopic (exact) mass is 323 g/mol. The van der Waals surface area contributed by atoms with Crippen LogP contribution in [0.1, 0.15) is 5.56 Å². The van der Waals surface area contributed by atoms with Crippen LogP contribution < -0.4 is 15.9 Å². The predicted octanol–water partition coefficient (Wildman–Crippen LogP) is 2.22. The highest BCUT2D eigenvalue weighted by Crippen LogP contribution is 2.26. The minimum Gasteiger partial charge on any atom is -0.434 e. The summed E-state index contributed by atoms with van der Waals surface area (Å²) in [4.78, 5) is 0. The lowest BCUT2D eigenvalue weighted by molar-refractivity contribution is -0.0503. The van der Waals surface area contributed by atoms with Crippen LogP contribution in [0, 0.1) is 0 Å². The normalized spacial score (nSPS) is 10.8. The summed E-state index contributed by atoms with van der Waals surface area (Å²) in [5.74, 6) is 0.0551. The number of ether oxygens (including phenoxy) is 1. The molecule has 1 aromatic carbocycles. The van der Waals surface area contributed by atoms with Gasteiger partial charge in [-0.05, 0) is 51.9 Å². The van der Waals surface area contributed by atoms with Crippen LogP contribution in [0.5, 0.6) is 5.75 Å². The molecule has 0 aliphatic rings. The van der Waals surface area contributed by atoms with Gasteiger partial charge in [-0.3, -0.25) is 5.43 Å². The fraction of sp³-hybridized carbons (Fsp3) is 0.111. The second kappa shape index (κ2) is 6.45. The molecular weight excluding hydrogens is 316 g/mol. The van der Waals surface area contributed by atoms with Crippen LogP contribution in [0.2, 0.25) is 0 Å². The molecule has 0 aromatic heterocycles. The Bertz CT molecular complexity index is 442. The molecule has 1 rings (SSSR count). The standard InChI is InChI=1S/C9H8BrF2N3OS/c10-6-3-5(4-14-15-9(13)17)1-2-7(6)16-8(11)12/h1-4,8H,(H3,13,15,17). The van der Waals surface area contributed by atoms with Crippen LogP contribution in [0.3, 0.4) is 0 Å². The SMILES string of the molecule is NC(=S)NN=Cc1ccc(OC(F)F)c(Br)c1. The van der Waals surface area contributed by atoms with Crippen molar-refractivity contribution in [2.75, 3.05) is 0 Å². The molecule has 4 nitrogen and oxygen atoms in total. The van der Waals surface area contributed by atoms with Crippen LogP contribution in [0.4, 0.5) is 8.78 Å². The summed E-state index contributed by atoms with van der Waals surface area (Å²) in [7, 11) is 0. The maximum Gasteiger partial charge on any atom is 0.387 e. The molecule has 0 atom stereocenters. The molecule has 0 spiro atoms. The van der Waals surface area contributed by atoms with E-state index in [0.29, 0.717) is 10.0 Å². The van der Waals surface area contributed by atoms with Gasteiger partial charge in [0.05, 0.1) is 10.7 Å². The molecule has 92 valence electrons. The molecule has 8 heteroatoms. The fourth-order valence-corrected chi connectivity index (χ4v) is 1.50. The number of alkyl halides is 2. The van der Waals surface area contributed by atoms with E-state index in [0.717, 1.165) is 0 Å². The molecule has 0 aliphatic carbocycles. The Morgan fingerprint density at radius 2 is 2.29 bits per heavy atom. The van der Waals surface area contributed by atoms with Crippen molar-refractivity contribution in [3.63, 3.8) is 0 Å². The van der Waals surface area contributed by atoms with Gasteiger partial charge in [0.15, 0.2) is 5.11 Å². The second-order valence-electron chi connectivity index (χ2n) is 2.80. The zero-order chi connectivity index (χ0) is 12.8.